The average molecular weight is 278 g/mol. The summed E-state index contributed by atoms with van der Waals surface area (Å²) in [5, 5.41) is 0.0925. The molecule has 3 nitrogen and oxygen atoms in total. The zero-order valence-corrected chi connectivity index (χ0v) is 11.6. The second kappa shape index (κ2) is 5.09. The van der Waals surface area contributed by atoms with Crippen LogP contribution in [-0.4, -0.2) is 10.9 Å². The van der Waals surface area contributed by atoms with Gasteiger partial charge in [0.1, 0.15) is 5.01 Å². The number of carbonyl (C=O) groups is 1. The summed E-state index contributed by atoms with van der Waals surface area (Å²) in [6.07, 6.45) is 1.60. The van der Waals surface area contributed by atoms with E-state index in [0.717, 1.165) is 4.88 Å². The Morgan fingerprint density at radius 3 is 2.47 bits per heavy atom. The van der Waals surface area contributed by atoms with Gasteiger partial charge in [-0.15, -0.1) is 11.3 Å². The topological polar surface area (TPSA) is 56.0 Å². The molecule has 5 heteroatoms. The Balaban J connectivity index is 2.53. The first-order valence-electron chi connectivity index (χ1n) is 5.96. The maximum absolute atomic E-state index is 15.1. The zero-order valence-electron chi connectivity index (χ0n) is 10.8. The summed E-state index contributed by atoms with van der Waals surface area (Å²) in [6, 6.07) is 8.18. The van der Waals surface area contributed by atoms with E-state index in [1.165, 1.54) is 11.3 Å². The van der Waals surface area contributed by atoms with E-state index in [4.69, 9.17) is 5.73 Å². The molecular weight excluding hydrogens is 263 g/mol. The largest absolute Gasteiger partial charge is 0.366 e. The summed E-state index contributed by atoms with van der Waals surface area (Å²) in [5.41, 5.74) is 3.13. The molecule has 2 N–H and O–H groups in total. The van der Waals surface area contributed by atoms with Gasteiger partial charge in [0.25, 0.3) is 11.6 Å². The second-order valence-corrected chi connectivity index (χ2v) is 5.67. The number of halogens is 1. The van der Waals surface area contributed by atoms with Gasteiger partial charge in [0.15, 0.2) is 0 Å². The van der Waals surface area contributed by atoms with Gasteiger partial charge < -0.3 is 5.73 Å². The van der Waals surface area contributed by atoms with Gasteiger partial charge >= 0.3 is 0 Å². The van der Waals surface area contributed by atoms with Crippen molar-refractivity contribution in [3.05, 3.63) is 52.0 Å². The number of nitrogens with two attached hydrogens (primary N) is 1. The average Bonchev–Trinajstić information content (AvgIpc) is 2.88. The lowest BCUT2D eigenvalue weighted by molar-refractivity contribution is -0.127. The number of benzene rings is 1. The van der Waals surface area contributed by atoms with Crippen LogP contribution in [0.3, 0.4) is 0 Å². The van der Waals surface area contributed by atoms with Crippen molar-refractivity contribution in [3.63, 3.8) is 0 Å². The number of thiazole rings is 1. The SMILES string of the molecule is CC(C)c1cnc(C(F)(C(N)=O)c2ccccc2)s1. The number of carbonyl (C=O) groups excluding carboxylic acids is 1. The number of aromatic nitrogens is 1. The van der Waals surface area contributed by atoms with E-state index >= 15 is 4.39 Å². The van der Waals surface area contributed by atoms with Crippen LogP contribution < -0.4 is 5.73 Å². The molecule has 0 fully saturated rings. The molecule has 0 aliphatic rings. The first-order chi connectivity index (χ1) is 8.96. The van der Waals surface area contributed by atoms with E-state index in [1.54, 1.807) is 36.5 Å². The van der Waals surface area contributed by atoms with Gasteiger partial charge in [-0.25, -0.2) is 9.37 Å². The van der Waals surface area contributed by atoms with Crippen LogP contribution in [0.4, 0.5) is 4.39 Å². The minimum atomic E-state index is -2.36. The van der Waals surface area contributed by atoms with Crippen molar-refractivity contribution in [1.82, 2.24) is 4.98 Å². The molecule has 0 aliphatic heterocycles. The highest BCUT2D eigenvalue weighted by Crippen LogP contribution is 2.37. The molecule has 2 aromatic rings. The Kier molecular flexibility index (Phi) is 3.66. The van der Waals surface area contributed by atoms with Gasteiger partial charge in [-0.1, -0.05) is 44.2 Å². The van der Waals surface area contributed by atoms with Crippen LogP contribution in [0, 0.1) is 0 Å². The van der Waals surface area contributed by atoms with E-state index in [-0.39, 0.29) is 16.5 Å². The number of rotatable bonds is 4. The van der Waals surface area contributed by atoms with E-state index in [2.05, 4.69) is 4.98 Å². The molecule has 0 radical (unpaired) electrons. The van der Waals surface area contributed by atoms with Crippen LogP contribution in [-0.2, 0) is 10.5 Å². The van der Waals surface area contributed by atoms with E-state index in [1.807, 2.05) is 13.8 Å². The third-order valence-electron chi connectivity index (χ3n) is 2.90. The molecule has 0 saturated heterocycles. The van der Waals surface area contributed by atoms with Crippen molar-refractivity contribution >= 4 is 17.2 Å². The van der Waals surface area contributed by atoms with Gasteiger partial charge in [-0.05, 0) is 5.92 Å². The smallest absolute Gasteiger partial charge is 0.267 e. The molecule has 2 rings (SSSR count). The molecule has 1 amide bonds. The summed E-state index contributed by atoms with van der Waals surface area (Å²) in [7, 11) is 0. The molecule has 1 aromatic carbocycles. The Bertz CT molecular complexity index is 582. The normalized spacial score (nSPS) is 14.3. The molecule has 1 unspecified atom stereocenters. The van der Waals surface area contributed by atoms with Crippen LogP contribution in [0.15, 0.2) is 36.5 Å². The predicted molar refractivity (Wildman–Crippen MR) is 73.7 cm³/mol. The van der Waals surface area contributed by atoms with Crippen molar-refractivity contribution < 1.29 is 9.18 Å². The number of hydrogen-bond donors (Lipinski definition) is 1. The number of alkyl halides is 1. The maximum Gasteiger partial charge on any atom is 0.267 e. The van der Waals surface area contributed by atoms with Gasteiger partial charge in [-0.2, -0.15) is 0 Å². The standard InChI is InChI=1S/C14H15FN2OS/c1-9(2)11-8-17-13(19-11)14(15,12(16)18)10-6-4-3-5-7-10/h3-9H,1-2H3,(H2,16,18). The minimum Gasteiger partial charge on any atom is -0.366 e. The molecule has 0 spiro atoms. The third-order valence-corrected chi connectivity index (χ3v) is 4.29. The lowest BCUT2D eigenvalue weighted by Gasteiger charge is -2.19. The van der Waals surface area contributed by atoms with Gasteiger partial charge in [0.2, 0.25) is 0 Å². The summed E-state index contributed by atoms with van der Waals surface area (Å²) in [5.74, 6) is -0.803. The van der Waals surface area contributed by atoms with Crippen LogP contribution in [0.25, 0.3) is 0 Å². The molecule has 100 valence electrons. The Hall–Kier alpha value is -1.75. The molecular formula is C14H15FN2OS. The Morgan fingerprint density at radius 2 is 2.00 bits per heavy atom. The van der Waals surface area contributed by atoms with Gasteiger partial charge in [0.05, 0.1) is 0 Å². The quantitative estimate of drug-likeness (QED) is 0.934. The van der Waals surface area contributed by atoms with E-state index in [0.29, 0.717) is 0 Å². The van der Waals surface area contributed by atoms with Crippen LogP contribution in [0.1, 0.15) is 35.2 Å². The van der Waals surface area contributed by atoms with E-state index in [9.17, 15) is 4.79 Å². The van der Waals surface area contributed by atoms with Gasteiger partial charge in [-0.3, -0.25) is 4.79 Å². The number of hydrogen-bond acceptors (Lipinski definition) is 3. The monoisotopic (exact) mass is 278 g/mol. The zero-order chi connectivity index (χ0) is 14.0. The summed E-state index contributed by atoms with van der Waals surface area (Å²) < 4.78 is 15.1. The molecule has 1 aromatic heterocycles. The van der Waals surface area contributed by atoms with Crippen molar-refractivity contribution in [1.29, 1.82) is 0 Å². The number of amides is 1. The Labute approximate surface area is 115 Å². The van der Waals surface area contributed by atoms with E-state index < -0.39 is 11.6 Å². The highest BCUT2D eigenvalue weighted by atomic mass is 32.1. The molecule has 1 atom stereocenters. The fraction of sp³-hybridized carbons (Fsp3) is 0.286. The summed E-state index contributed by atoms with van der Waals surface area (Å²) >= 11 is 1.18. The van der Waals surface area contributed by atoms with Crippen molar-refractivity contribution in [2.45, 2.75) is 25.4 Å². The first kappa shape index (κ1) is 13.7. The maximum atomic E-state index is 15.1. The van der Waals surface area contributed by atoms with Crippen molar-refractivity contribution in [3.8, 4) is 0 Å². The predicted octanol–water partition coefficient (Wildman–Crippen LogP) is 2.96. The second-order valence-electron chi connectivity index (χ2n) is 4.61. The number of primary amides is 1. The molecule has 0 saturated carbocycles. The molecule has 1 heterocycles. The van der Waals surface area contributed by atoms with Crippen LogP contribution >= 0.6 is 11.3 Å². The first-order valence-corrected chi connectivity index (χ1v) is 6.78. The molecule has 0 bridgehead atoms. The molecule has 0 aliphatic carbocycles. The summed E-state index contributed by atoms with van der Waals surface area (Å²) in [4.78, 5) is 16.6. The Morgan fingerprint density at radius 1 is 1.37 bits per heavy atom. The van der Waals surface area contributed by atoms with Crippen LogP contribution in [0.2, 0.25) is 0 Å². The fourth-order valence-electron chi connectivity index (χ4n) is 1.75. The highest BCUT2D eigenvalue weighted by Gasteiger charge is 2.43. The summed E-state index contributed by atoms with van der Waals surface area (Å²) in [6.45, 7) is 3.98. The lowest BCUT2D eigenvalue weighted by atomic mass is 9.96. The molecule has 19 heavy (non-hydrogen) atoms. The number of nitrogens with zero attached hydrogens (tertiary/aromatic N) is 1. The fourth-order valence-corrected chi connectivity index (χ4v) is 2.78. The minimum absolute atomic E-state index is 0.0925. The van der Waals surface area contributed by atoms with Gasteiger partial charge in [0, 0.05) is 16.6 Å². The lowest BCUT2D eigenvalue weighted by Crippen LogP contribution is -2.38. The highest BCUT2D eigenvalue weighted by molar-refractivity contribution is 7.12. The third kappa shape index (κ3) is 2.38. The van der Waals surface area contributed by atoms with Crippen molar-refractivity contribution in [2.24, 2.45) is 5.73 Å². The van der Waals surface area contributed by atoms with Crippen molar-refractivity contribution in [2.75, 3.05) is 0 Å². The van der Waals surface area contributed by atoms with Crippen LogP contribution in [0.5, 0.6) is 0 Å².